The summed E-state index contributed by atoms with van der Waals surface area (Å²) in [5.74, 6) is 0.572. The second kappa shape index (κ2) is 5.02. The van der Waals surface area contributed by atoms with Gasteiger partial charge in [0.15, 0.2) is 0 Å². The first-order valence-corrected chi connectivity index (χ1v) is 4.38. The predicted octanol–water partition coefficient (Wildman–Crippen LogP) is 2.91. The molecule has 0 aliphatic heterocycles. The monoisotopic (exact) mass is 220 g/mol. The lowest BCUT2D eigenvalue weighted by atomic mass is 10.2. The van der Waals surface area contributed by atoms with Gasteiger partial charge in [0, 0.05) is 0 Å². The summed E-state index contributed by atoms with van der Waals surface area (Å²) in [5.41, 5.74) is 0.879. The molecule has 1 aromatic carbocycles. The summed E-state index contributed by atoms with van der Waals surface area (Å²) in [7, 11) is 0. The Bertz CT molecular complexity index is 310. The molecule has 0 aromatic heterocycles. The van der Waals surface area contributed by atoms with Gasteiger partial charge in [0.1, 0.15) is 12.4 Å². The van der Waals surface area contributed by atoms with Crippen molar-refractivity contribution in [2.24, 2.45) is 0 Å². The molecule has 0 saturated heterocycles. The van der Waals surface area contributed by atoms with Gasteiger partial charge in [-0.05, 0) is 18.6 Å². The summed E-state index contributed by atoms with van der Waals surface area (Å²) in [5, 5.41) is 0. The van der Waals surface area contributed by atoms with Crippen LogP contribution in [0.5, 0.6) is 5.75 Å². The van der Waals surface area contributed by atoms with Crippen molar-refractivity contribution in [3.63, 3.8) is 0 Å². The molecular formula is C10H11F3O2. The highest BCUT2D eigenvalue weighted by Gasteiger charge is 2.28. The molecule has 0 heterocycles. The first-order valence-electron chi connectivity index (χ1n) is 4.38. The van der Waals surface area contributed by atoms with E-state index in [0.29, 0.717) is 5.75 Å². The lowest BCUT2D eigenvalue weighted by molar-refractivity contribution is -0.325. The summed E-state index contributed by atoms with van der Waals surface area (Å²) in [4.78, 5) is 0. The van der Waals surface area contributed by atoms with Gasteiger partial charge < -0.3 is 4.74 Å². The van der Waals surface area contributed by atoms with Crippen LogP contribution in [0, 0.1) is 6.92 Å². The minimum Gasteiger partial charge on any atom is -0.491 e. The van der Waals surface area contributed by atoms with Crippen LogP contribution in [-0.4, -0.2) is 19.6 Å². The molecule has 0 aliphatic rings. The Labute approximate surface area is 85.6 Å². The third-order valence-electron chi connectivity index (χ3n) is 1.70. The van der Waals surface area contributed by atoms with Gasteiger partial charge in [0.05, 0.1) is 6.61 Å². The summed E-state index contributed by atoms with van der Waals surface area (Å²) in [6.07, 6.45) is -4.59. The molecule has 0 unspecified atom stereocenters. The highest BCUT2D eigenvalue weighted by atomic mass is 19.4. The van der Waals surface area contributed by atoms with Gasteiger partial charge >= 0.3 is 6.36 Å². The molecule has 0 amide bonds. The smallest absolute Gasteiger partial charge is 0.491 e. The SMILES string of the molecule is Cc1ccccc1OCCOC(F)(F)F. The number of rotatable bonds is 4. The van der Waals surface area contributed by atoms with Crippen LogP contribution in [0.2, 0.25) is 0 Å². The van der Waals surface area contributed by atoms with Gasteiger partial charge in [-0.1, -0.05) is 18.2 Å². The van der Waals surface area contributed by atoms with Crippen molar-refractivity contribution in [1.82, 2.24) is 0 Å². The minimum atomic E-state index is -4.59. The summed E-state index contributed by atoms with van der Waals surface area (Å²) in [6.45, 7) is 1.20. The van der Waals surface area contributed by atoms with Crippen molar-refractivity contribution >= 4 is 0 Å². The number of aryl methyl sites for hydroxylation is 1. The van der Waals surface area contributed by atoms with Crippen molar-refractivity contribution in [2.75, 3.05) is 13.2 Å². The molecule has 1 aromatic rings. The second-order valence-corrected chi connectivity index (χ2v) is 2.91. The van der Waals surface area contributed by atoms with E-state index in [4.69, 9.17) is 4.74 Å². The van der Waals surface area contributed by atoms with E-state index in [-0.39, 0.29) is 6.61 Å². The summed E-state index contributed by atoms with van der Waals surface area (Å²) in [6, 6.07) is 7.10. The fraction of sp³-hybridized carbons (Fsp3) is 0.400. The standard InChI is InChI=1S/C10H11F3O2/c1-8-4-2-3-5-9(8)14-6-7-15-10(11,12)13/h2-5H,6-7H2,1H3. The third kappa shape index (κ3) is 4.69. The molecule has 0 bridgehead atoms. The maximum Gasteiger partial charge on any atom is 0.522 e. The quantitative estimate of drug-likeness (QED) is 0.726. The zero-order chi connectivity index (χ0) is 11.3. The fourth-order valence-electron chi connectivity index (χ4n) is 1.03. The lowest BCUT2D eigenvalue weighted by Gasteiger charge is -2.10. The molecule has 0 atom stereocenters. The second-order valence-electron chi connectivity index (χ2n) is 2.91. The van der Waals surface area contributed by atoms with E-state index in [1.54, 1.807) is 12.1 Å². The molecule has 84 valence electrons. The first-order chi connectivity index (χ1) is 6.99. The molecule has 0 spiro atoms. The largest absolute Gasteiger partial charge is 0.522 e. The van der Waals surface area contributed by atoms with Crippen LogP contribution < -0.4 is 4.74 Å². The Hall–Kier alpha value is -1.23. The van der Waals surface area contributed by atoms with Crippen LogP contribution in [0.3, 0.4) is 0 Å². The van der Waals surface area contributed by atoms with Gasteiger partial charge in [0.25, 0.3) is 0 Å². The van der Waals surface area contributed by atoms with E-state index >= 15 is 0 Å². The molecule has 0 saturated carbocycles. The van der Waals surface area contributed by atoms with E-state index in [1.165, 1.54) is 0 Å². The molecule has 15 heavy (non-hydrogen) atoms. The number of benzene rings is 1. The Kier molecular flexibility index (Phi) is 3.96. The zero-order valence-electron chi connectivity index (χ0n) is 8.17. The zero-order valence-corrected chi connectivity index (χ0v) is 8.17. The highest BCUT2D eigenvalue weighted by Crippen LogP contribution is 2.18. The average molecular weight is 220 g/mol. The van der Waals surface area contributed by atoms with Gasteiger partial charge in [0.2, 0.25) is 0 Å². The number of hydrogen-bond donors (Lipinski definition) is 0. The predicted molar refractivity (Wildman–Crippen MR) is 48.7 cm³/mol. The Morgan fingerprint density at radius 2 is 1.80 bits per heavy atom. The molecule has 1 rings (SSSR count). The van der Waals surface area contributed by atoms with Crippen molar-refractivity contribution in [3.8, 4) is 5.75 Å². The number of hydrogen-bond acceptors (Lipinski definition) is 2. The molecule has 0 aliphatic carbocycles. The van der Waals surface area contributed by atoms with Crippen LogP contribution in [0.1, 0.15) is 5.56 Å². The number of ether oxygens (including phenoxy) is 2. The topological polar surface area (TPSA) is 18.5 Å². The summed E-state index contributed by atoms with van der Waals surface area (Å²) >= 11 is 0. The van der Waals surface area contributed by atoms with Gasteiger partial charge in [-0.2, -0.15) is 0 Å². The highest BCUT2D eigenvalue weighted by molar-refractivity contribution is 5.31. The van der Waals surface area contributed by atoms with Gasteiger partial charge in [-0.3, -0.25) is 4.74 Å². The molecule has 0 radical (unpaired) electrons. The lowest BCUT2D eigenvalue weighted by Crippen LogP contribution is -2.18. The molecule has 2 nitrogen and oxygen atoms in total. The fourth-order valence-corrected chi connectivity index (χ4v) is 1.03. The summed E-state index contributed by atoms with van der Waals surface area (Å²) < 4.78 is 43.4. The average Bonchev–Trinajstić information content (AvgIpc) is 2.13. The van der Waals surface area contributed by atoms with E-state index in [2.05, 4.69) is 4.74 Å². The van der Waals surface area contributed by atoms with Crippen molar-refractivity contribution < 1.29 is 22.6 Å². The maximum absolute atomic E-state index is 11.6. The normalized spacial score (nSPS) is 11.5. The van der Waals surface area contributed by atoms with Crippen LogP contribution in [-0.2, 0) is 4.74 Å². The van der Waals surface area contributed by atoms with E-state index in [9.17, 15) is 13.2 Å². The molecular weight excluding hydrogens is 209 g/mol. The van der Waals surface area contributed by atoms with E-state index in [1.807, 2.05) is 19.1 Å². The van der Waals surface area contributed by atoms with Crippen LogP contribution in [0.15, 0.2) is 24.3 Å². The number of halogens is 3. The van der Waals surface area contributed by atoms with E-state index in [0.717, 1.165) is 5.56 Å². The van der Waals surface area contributed by atoms with Crippen molar-refractivity contribution in [2.45, 2.75) is 13.3 Å². The Morgan fingerprint density at radius 1 is 1.13 bits per heavy atom. The van der Waals surface area contributed by atoms with Crippen molar-refractivity contribution in [1.29, 1.82) is 0 Å². The molecule has 5 heteroatoms. The van der Waals surface area contributed by atoms with Gasteiger partial charge in [-0.25, -0.2) is 0 Å². The first kappa shape index (κ1) is 11.8. The molecule has 0 N–H and O–H groups in total. The van der Waals surface area contributed by atoms with Gasteiger partial charge in [-0.15, -0.1) is 13.2 Å². The molecule has 0 fully saturated rings. The Morgan fingerprint density at radius 3 is 2.40 bits per heavy atom. The number of alkyl halides is 3. The van der Waals surface area contributed by atoms with Crippen LogP contribution in [0.25, 0.3) is 0 Å². The number of para-hydroxylation sites is 1. The van der Waals surface area contributed by atoms with Crippen molar-refractivity contribution in [3.05, 3.63) is 29.8 Å². The maximum atomic E-state index is 11.6. The Balaban J connectivity index is 2.30. The minimum absolute atomic E-state index is 0.121. The van der Waals surface area contributed by atoms with Crippen LogP contribution >= 0.6 is 0 Å². The van der Waals surface area contributed by atoms with E-state index < -0.39 is 13.0 Å². The van der Waals surface area contributed by atoms with Crippen LogP contribution in [0.4, 0.5) is 13.2 Å². The third-order valence-corrected chi connectivity index (χ3v) is 1.70.